The van der Waals surface area contributed by atoms with E-state index < -0.39 is 5.97 Å². The molecule has 2 aromatic carbocycles. The third kappa shape index (κ3) is 6.27. The minimum Gasteiger partial charge on any atom is -0.550 e. The maximum Gasteiger partial charge on any atom is 1.00 e. The first-order valence-electron chi connectivity index (χ1n) is 11.9. The molecule has 36 heavy (non-hydrogen) atoms. The number of nitrogens with zero attached hydrogens (tertiary/aromatic N) is 3. The van der Waals surface area contributed by atoms with Crippen LogP contribution in [0.3, 0.4) is 0 Å². The molecule has 1 saturated heterocycles. The number of aliphatic carboxylic acids is 1. The van der Waals surface area contributed by atoms with E-state index >= 15 is 0 Å². The maximum absolute atomic E-state index is 11.8. The van der Waals surface area contributed by atoms with E-state index in [9.17, 15) is 19.9 Å². The molecule has 0 spiro atoms. The molecule has 7 nitrogen and oxygen atoms in total. The zero-order valence-corrected chi connectivity index (χ0v) is 23.1. The molecule has 3 aromatic rings. The van der Waals surface area contributed by atoms with Gasteiger partial charge >= 0.3 is 29.6 Å². The van der Waals surface area contributed by atoms with Gasteiger partial charge in [-0.1, -0.05) is 41.6 Å². The van der Waals surface area contributed by atoms with E-state index in [2.05, 4.69) is 53.4 Å². The fraction of sp³-hybridized carbons (Fsp3) is 0.321. The third-order valence-corrected chi connectivity index (χ3v) is 6.99. The van der Waals surface area contributed by atoms with Gasteiger partial charge in [0.1, 0.15) is 0 Å². The second kappa shape index (κ2) is 12.4. The van der Waals surface area contributed by atoms with Crippen molar-refractivity contribution in [3.8, 4) is 0 Å². The number of carbonyl (C=O) groups excluding carboxylic acids is 1. The molecule has 4 rings (SSSR count). The van der Waals surface area contributed by atoms with Crippen molar-refractivity contribution in [1.29, 1.82) is 0 Å². The average molecular weight is 496 g/mol. The van der Waals surface area contributed by atoms with Gasteiger partial charge in [0.05, 0.1) is 5.71 Å². The van der Waals surface area contributed by atoms with Gasteiger partial charge in [0, 0.05) is 67.9 Å². The van der Waals surface area contributed by atoms with Crippen LogP contribution in [-0.2, 0) is 11.8 Å². The summed E-state index contributed by atoms with van der Waals surface area (Å²) >= 11 is 0. The molecule has 1 aliphatic rings. The van der Waals surface area contributed by atoms with Gasteiger partial charge in [0.2, 0.25) is 5.56 Å². The zero-order valence-electron chi connectivity index (χ0n) is 21.1. The number of oxime groups is 1. The standard InChI is InChI=1S/C28H31N3O4.Na/c1-19-5-3-4-6-24(19)25(17-26(29-35)22-9-12-27(32)30(2)18-22)20-7-10-23(11-8-20)31-15-13-21(14-16-31)28(33)34;/h3-12,18,21,25,35H,13-17H2,1-2H3,(H,33,34);/q;+1/p-1/b29-26+;/t25-;/m1./s1. The first-order chi connectivity index (χ1) is 16.9. The quantitative estimate of drug-likeness (QED) is 0.217. The summed E-state index contributed by atoms with van der Waals surface area (Å²) in [6.07, 6.45) is 3.32. The van der Waals surface area contributed by atoms with Crippen LogP contribution in [-0.4, -0.2) is 34.5 Å². The Kier molecular flexibility index (Phi) is 9.54. The van der Waals surface area contributed by atoms with Gasteiger partial charge in [-0.2, -0.15) is 0 Å². The number of hydrogen-bond acceptors (Lipinski definition) is 6. The number of hydrogen-bond donors (Lipinski definition) is 1. The van der Waals surface area contributed by atoms with Crippen LogP contribution in [0.2, 0.25) is 0 Å². The van der Waals surface area contributed by atoms with Gasteiger partial charge in [-0.05, 0) is 54.7 Å². The number of piperidine rings is 1. The zero-order chi connectivity index (χ0) is 24.9. The average Bonchev–Trinajstić information content (AvgIpc) is 2.87. The minimum atomic E-state index is -0.957. The Balaban J connectivity index is 0.00000361. The third-order valence-electron chi connectivity index (χ3n) is 6.99. The Bertz CT molecular complexity index is 1280. The summed E-state index contributed by atoms with van der Waals surface area (Å²) in [6.45, 7) is 3.45. The molecule has 1 aromatic heterocycles. The van der Waals surface area contributed by atoms with Crippen LogP contribution in [0.4, 0.5) is 5.69 Å². The van der Waals surface area contributed by atoms with E-state index in [1.165, 1.54) is 10.6 Å². The number of carbonyl (C=O) groups is 1. The van der Waals surface area contributed by atoms with Gasteiger partial charge in [0.15, 0.2) is 0 Å². The molecule has 0 amide bonds. The molecule has 1 atom stereocenters. The second-order valence-corrected chi connectivity index (χ2v) is 9.20. The van der Waals surface area contributed by atoms with Crippen LogP contribution in [0.1, 0.15) is 47.4 Å². The van der Waals surface area contributed by atoms with E-state index in [4.69, 9.17) is 0 Å². The fourth-order valence-electron chi connectivity index (χ4n) is 4.85. The predicted molar refractivity (Wildman–Crippen MR) is 134 cm³/mol. The van der Waals surface area contributed by atoms with Crippen LogP contribution < -0.4 is 45.1 Å². The van der Waals surface area contributed by atoms with Crippen molar-refractivity contribution in [3.05, 3.63) is 99.5 Å². The molecule has 0 bridgehead atoms. The van der Waals surface area contributed by atoms with E-state index in [1.54, 1.807) is 19.3 Å². The monoisotopic (exact) mass is 495 g/mol. The summed E-state index contributed by atoms with van der Waals surface area (Å²) in [5.74, 6) is -1.39. The van der Waals surface area contributed by atoms with Crippen LogP contribution in [0.5, 0.6) is 0 Å². The van der Waals surface area contributed by atoms with Gasteiger partial charge in [-0.3, -0.25) is 4.79 Å². The molecule has 0 saturated carbocycles. The molecular formula is C28H30N3NaO4. The number of pyridine rings is 1. The number of benzene rings is 2. The Hall–Kier alpha value is -2.87. The summed E-state index contributed by atoms with van der Waals surface area (Å²) in [5.41, 5.74) is 5.50. The first-order valence-corrected chi connectivity index (χ1v) is 11.9. The van der Waals surface area contributed by atoms with Crippen LogP contribution in [0.25, 0.3) is 0 Å². The molecule has 182 valence electrons. The Morgan fingerprint density at radius 3 is 2.33 bits per heavy atom. The van der Waals surface area contributed by atoms with E-state index in [1.807, 2.05) is 12.1 Å². The van der Waals surface area contributed by atoms with Gasteiger partial charge in [-0.15, -0.1) is 0 Å². The van der Waals surface area contributed by atoms with Crippen molar-refractivity contribution in [2.45, 2.75) is 32.1 Å². The Labute approximate surface area is 233 Å². The SMILES string of the molecule is Cc1ccccc1[C@H](C/C(=N\O)c1ccc(=O)n(C)c1)c1ccc(N2CCC(C(=O)[O-])CC2)cc1.[Na+]. The Morgan fingerprint density at radius 2 is 1.75 bits per heavy atom. The minimum absolute atomic E-state index is 0. The number of rotatable bonds is 7. The molecular weight excluding hydrogens is 465 g/mol. The number of carboxylic acid groups (broad SMARTS) is 1. The second-order valence-electron chi connectivity index (χ2n) is 9.20. The molecule has 0 unspecified atom stereocenters. The molecule has 0 aliphatic carbocycles. The van der Waals surface area contributed by atoms with Gasteiger partial charge < -0.3 is 24.6 Å². The molecule has 1 fully saturated rings. The van der Waals surface area contributed by atoms with Gasteiger partial charge in [0.25, 0.3) is 0 Å². The summed E-state index contributed by atoms with van der Waals surface area (Å²) < 4.78 is 1.47. The van der Waals surface area contributed by atoms with Gasteiger partial charge in [-0.25, -0.2) is 0 Å². The molecule has 1 aliphatic heterocycles. The summed E-state index contributed by atoms with van der Waals surface area (Å²) in [5, 5.41) is 24.6. The number of aryl methyl sites for hydroxylation is 2. The van der Waals surface area contributed by atoms with E-state index in [0.717, 1.165) is 22.4 Å². The molecule has 0 radical (unpaired) electrons. The van der Waals surface area contributed by atoms with Crippen molar-refractivity contribution in [3.63, 3.8) is 0 Å². The first kappa shape index (κ1) is 27.7. The van der Waals surface area contributed by atoms with Crippen LogP contribution in [0.15, 0.2) is 76.8 Å². The normalized spacial score (nSPS) is 15.3. The van der Waals surface area contributed by atoms with Crippen molar-refractivity contribution < 1.29 is 44.7 Å². The number of anilines is 1. The molecule has 1 N–H and O–H groups in total. The van der Waals surface area contributed by atoms with Crippen molar-refractivity contribution >= 4 is 17.4 Å². The van der Waals surface area contributed by atoms with Crippen molar-refractivity contribution in [2.24, 2.45) is 18.1 Å². The smallest absolute Gasteiger partial charge is 0.550 e. The summed E-state index contributed by atoms with van der Waals surface area (Å²) in [4.78, 5) is 25.2. The Morgan fingerprint density at radius 1 is 1.08 bits per heavy atom. The van der Waals surface area contributed by atoms with Crippen LogP contribution >= 0.6 is 0 Å². The molecule has 8 heteroatoms. The molecule has 2 heterocycles. The predicted octanol–water partition coefficient (Wildman–Crippen LogP) is 0.0645. The summed E-state index contributed by atoms with van der Waals surface area (Å²) in [7, 11) is 1.67. The topological polar surface area (TPSA) is 98.0 Å². The summed E-state index contributed by atoms with van der Waals surface area (Å²) in [6, 6.07) is 19.7. The number of aromatic nitrogens is 1. The fourth-order valence-corrected chi connectivity index (χ4v) is 4.85. The van der Waals surface area contributed by atoms with Crippen molar-refractivity contribution in [2.75, 3.05) is 18.0 Å². The van der Waals surface area contributed by atoms with Crippen LogP contribution in [0, 0.1) is 12.8 Å². The van der Waals surface area contributed by atoms with E-state index in [0.29, 0.717) is 43.6 Å². The largest absolute Gasteiger partial charge is 1.00 e. The number of carboxylic acids is 1. The van der Waals surface area contributed by atoms with E-state index in [-0.39, 0.29) is 47.0 Å². The maximum atomic E-state index is 11.8. The van der Waals surface area contributed by atoms with Crippen molar-refractivity contribution in [1.82, 2.24) is 4.57 Å².